The molecule has 0 aliphatic carbocycles. The maximum absolute atomic E-state index is 12.5. The Morgan fingerprint density at radius 1 is 0.464 bits per heavy atom. The van der Waals surface area contributed by atoms with E-state index in [-0.39, 0.29) is 44.0 Å². The second kappa shape index (κ2) is 40.5. The molecule has 56 heavy (non-hydrogen) atoms. The van der Waals surface area contributed by atoms with Crippen LogP contribution in [-0.2, 0) is 38.1 Å². The number of hydrogen-bond donors (Lipinski definition) is 0. The van der Waals surface area contributed by atoms with Crippen LogP contribution in [0, 0.1) is 5.92 Å². The predicted octanol–water partition coefficient (Wildman–Crippen LogP) is 11.8. The highest BCUT2D eigenvalue weighted by Crippen LogP contribution is 2.19. The lowest BCUT2D eigenvalue weighted by Crippen LogP contribution is -2.31. The average Bonchev–Trinajstić information content (AvgIpc) is 3.17. The van der Waals surface area contributed by atoms with Gasteiger partial charge in [0.2, 0.25) is 0 Å². The summed E-state index contributed by atoms with van der Waals surface area (Å²) in [5, 5.41) is 0. The lowest BCUT2D eigenvalue weighted by atomic mass is 9.96. The van der Waals surface area contributed by atoms with Crippen molar-refractivity contribution in [2.45, 2.75) is 207 Å². The summed E-state index contributed by atoms with van der Waals surface area (Å²) in [6.07, 6.45) is 34.7. The van der Waals surface area contributed by atoms with Crippen molar-refractivity contribution >= 4 is 23.9 Å². The number of nitrogens with zero attached hydrogens (tertiary/aromatic N) is 1. The van der Waals surface area contributed by atoms with Crippen LogP contribution in [0.4, 0.5) is 0 Å². The van der Waals surface area contributed by atoms with Gasteiger partial charge in [0.25, 0.3) is 0 Å². The summed E-state index contributed by atoms with van der Waals surface area (Å²) >= 11 is 0. The van der Waals surface area contributed by atoms with Crippen LogP contribution in [0.3, 0.4) is 0 Å². The van der Waals surface area contributed by atoms with E-state index in [2.05, 4.69) is 45.1 Å². The normalized spacial score (nSPS) is 12.7. The van der Waals surface area contributed by atoms with Crippen LogP contribution in [0.5, 0.6) is 0 Å². The molecule has 9 heteroatoms. The summed E-state index contributed by atoms with van der Waals surface area (Å²) in [5.41, 5.74) is 0. The number of carbonyl (C=O) groups is 4. The quantitative estimate of drug-likeness (QED) is 0.0259. The van der Waals surface area contributed by atoms with Gasteiger partial charge in [-0.1, -0.05) is 129 Å². The van der Waals surface area contributed by atoms with E-state index >= 15 is 0 Å². The molecule has 326 valence electrons. The lowest BCUT2D eigenvalue weighted by molar-refractivity contribution is -0.167. The Labute approximate surface area is 343 Å². The molecule has 0 radical (unpaired) electrons. The highest BCUT2D eigenvalue weighted by molar-refractivity contribution is 5.71. The molecule has 0 fully saturated rings. The molecule has 0 aromatic carbocycles. The summed E-state index contributed by atoms with van der Waals surface area (Å²) in [4.78, 5) is 51.8. The van der Waals surface area contributed by atoms with E-state index in [0.29, 0.717) is 38.2 Å². The molecule has 0 saturated heterocycles. The molecule has 0 rings (SSSR count). The van der Waals surface area contributed by atoms with E-state index in [4.69, 9.17) is 18.9 Å². The van der Waals surface area contributed by atoms with Gasteiger partial charge < -0.3 is 23.8 Å². The molecular formula is C47H85NO8. The zero-order valence-corrected chi connectivity index (χ0v) is 36.8. The fraction of sp³-hybridized carbons (Fsp3) is 0.830. The number of allylic oxidation sites excluding steroid dienone is 4. The molecule has 0 N–H and O–H groups in total. The highest BCUT2D eigenvalue weighted by atomic mass is 16.6. The van der Waals surface area contributed by atoms with E-state index in [9.17, 15) is 19.2 Å². The van der Waals surface area contributed by atoms with Crippen molar-refractivity contribution in [3.63, 3.8) is 0 Å². The maximum atomic E-state index is 12.5. The third-order valence-corrected chi connectivity index (χ3v) is 9.90. The fourth-order valence-electron chi connectivity index (χ4n) is 6.34. The van der Waals surface area contributed by atoms with Gasteiger partial charge in [0.05, 0.1) is 6.61 Å². The topological polar surface area (TPSA) is 108 Å². The van der Waals surface area contributed by atoms with Crippen LogP contribution in [0.25, 0.3) is 0 Å². The molecule has 2 unspecified atom stereocenters. The van der Waals surface area contributed by atoms with Gasteiger partial charge in [-0.05, 0) is 97.2 Å². The summed E-state index contributed by atoms with van der Waals surface area (Å²) in [6.45, 7) is 7.62. The molecule has 0 aliphatic heterocycles. The van der Waals surface area contributed by atoms with Crippen molar-refractivity contribution < 1.29 is 38.1 Å². The smallest absolute Gasteiger partial charge is 0.306 e. The Bertz CT molecular complexity index is 1010. The third-order valence-electron chi connectivity index (χ3n) is 9.90. The first kappa shape index (κ1) is 53.3. The van der Waals surface area contributed by atoms with Crippen LogP contribution in [0.15, 0.2) is 24.3 Å². The Hall–Kier alpha value is -2.68. The second-order valence-corrected chi connectivity index (χ2v) is 15.8. The van der Waals surface area contributed by atoms with E-state index in [1.807, 2.05) is 19.0 Å². The largest absolute Gasteiger partial charge is 0.465 e. The maximum Gasteiger partial charge on any atom is 0.306 e. The van der Waals surface area contributed by atoms with Gasteiger partial charge in [-0.3, -0.25) is 19.2 Å². The number of esters is 4. The minimum Gasteiger partial charge on any atom is -0.465 e. The lowest BCUT2D eigenvalue weighted by Gasteiger charge is -2.18. The highest BCUT2D eigenvalue weighted by Gasteiger charge is 2.20. The molecule has 0 aromatic heterocycles. The molecule has 9 nitrogen and oxygen atoms in total. The van der Waals surface area contributed by atoms with Crippen molar-refractivity contribution in [3.05, 3.63) is 24.3 Å². The molecule has 0 bridgehead atoms. The van der Waals surface area contributed by atoms with Crippen molar-refractivity contribution in [1.29, 1.82) is 0 Å². The standard InChI is InChI=1S/C47H85NO8/c1-6-9-12-14-15-16-17-18-19-20-21-22-23-24-28-35-45(50)54-40-43(56-47(52)37-31-38-48(4)5)41-55-46(51)36-30-26-25-29-34-44(49)53-39-42(32-11-8-3)33-27-13-10-7-2/h15-16,18-19,42-43H,6-14,17,20-41H2,1-5H3/b16-15+,19-18+. The Kier molecular flexibility index (Phi) is 38.6. The Morgan fingerprint density at radius 2 is 0.893 bits per heavy atom. The number of rotatable bonds is 40. The van der Waals surface area contributed by atoms with Crippen LogP contribution in [0.1, 0.15) is 201 Å². The minimum absolute atomic E-state index is 0.131. The first-order chi connectivity index (χ1) is 27.2. The van der Waals surface area contributed by atoms with Crippen LogP contribution in [0.2, 0.25) is 0 Å². The van der Waals surface area contributed by atoms with Gasteiger partial charge >= 0.3 is 23.9 Å². The number of unbranched alkanes of at least 4 members (excludes halogenated alkanes) is 15. The molecule has 0 saturated carbocycles. The zero-order valence-electron chi connectivity index (χ0n) is 36.8. The van der Waals surface area contributed by atoms with Crippen molar-refractivity contribution in [3.8, 4) is 0 Å². The Balaban J connectivity index is 4.36. The van der Waals surface area contributed by atoms with Crippen molar-refractivity contribution in [1.82, 2.24) is 4.90 Å². The van der Waals surface area contributed by atoms with Crippen LogP contribution in [-0.4, -0.2) is 75.3 Å². The van der Waals surface area contributed by atoms with Crippen molar-refractivity contribution in [2.75, 3.05) is 40.5 Å². The van der Waals surface area contributed by atoms with E-state index in [0.717, 1.165) is 90.0 Å². The second-order valence-electron chi connectivity index (χ2n) is 15.8. The van der Waals surface area contributed by atoms with E-state index < -0.39 is 12.1 Å². The summed E-state index contributed by atoms with van der Waals surface area (Å²) in [7, 11) is 3.88. The average molecular weight is 792 g/mol. The first-order valence-corrected chi connectivity index (χ1v) is 22.8. The first-order valence-electron chi connectivity index (χ1n) is 22.8. The van der Waals surface area contributed by atoms with Gasteiger partial charge in [0.15, 0.2) is 6.10 Å². The van der Waals surface area contributed by atoms with E-state index in [1.165, 1.54) is 57.8 Å². The van der Waals surface area contributed by atoms with Gasteiger partial charge in [-0.15, -0.1) is 0 Å². The van der Waals surface area contributed by atoms with Gasteiger partial charge in [0, 0.05) is 25.7 Å². The number of carbonyl (C=O) groups excluding carboxylic acids is 4. The number of hydrogen-bond acceptors (Lipinski definition) is 9. The van der Waals surface area contributed by atoms with Crippen LogP contribution >= 0.6 is 0 Å². The number of ether oxygens (including phenoxy) is 4. The van der Waals surface area contributed by atoms with Gasteiger partial charge in [-0.2, -0.15) is 0 Å². The molecule has 0 heterocycles. The third kappa shape index (κ3) is 38.2. The van der Waals surface area contributed by atoms with Crippen molar-refractivity contribution in [2.24, 2.45) is 5.92 Å². The zero-order chi connectivity index (χ0) is 41.3. The molecule has 0 amide bonds. The summed E-state index contributed by atoms with van der Waals surface area (Å²) in [5.74, 6) is -0.793. The summed E-state index contributed by atoms with van der Waals surface area (Å²) < 4.78 is 22.1. The molecule has 0 aliphatic rings. The molecule has 2 atom stereocenters. The monoisotopic (exact) mass is 792 g/mol. The summed E-state index contributed by atoms with van der Waals surface area (Å²) in [6, 6.07) is 0. The van der Waals surface area contributed by atoms with Crippen LogP contribution < -0.4 is 0 Å². The molecule has 0 spiro atoms. The molecule has 0 aromatic rings. The van der Waals surface area contributed by atoms with Gasteiger partial charge in [0.1, 0.15) is 13.2 Å². The van der Waals surface area contributed by atoms with Gasteiger partial charge in [-0.25, -0.2) is 0 Å². The molecular weight excluding hydrogens is 707 g/mol. The van der Waals surface area contributed by atoms with E-state index in [1.54, 1.807) is 0 Å². The predicted molar refractivity (Wildman–Crippen MR) is 229 cm³/mol. The minimum atomic E-state index is -0.844. The fourth-order valence-corrected chi connectivity index (χ4v) is 6.34. The Morgan fingerprint density at radius 3 is 1.43 bits per heavy atom. The SMILES string of the molecule is CCCCC/C=C/C/C=C/CCCCCCCC(=O)OCC(COC(=O)CCCCCCC(=O)OCC(CCCC)CCCCCC)OC(=O)CCCN(C)C.